The molecule has 0 bridgehead atoms. The molecule has 0 aromatic carbocycles. The summed E-state index contributed by atoms with van der Waals surface area (Å²) < 4.78 is 0. The minimum Gasteiger partial charge on any atom is -0.368 e. The molecule has 13 heavy (non-hydrogen) atoms. The molecule has 0 saturated heterocycles. The minimum absolute atomic E-state index is 0.284. The van der Waals surface area contributed by atoms with Crippen molar-refractivity contribution in [3.63, 3.8) is 0 Å². The third kappa shape index (κ3) is 2.99. The molecule has 3 N–H and O–H groups in total. The molecule has 0 fully saturated rings. The lowest BCUT2D eigenvalue weighted by atomic mass is 10.4. The van der Waals surface area contributed by atoms with Gasteiger partial charge in [-0.25, -0.2) is 4.98 Å². The molecular weight excluding hydrogens is 164 g/mol. The fourth-order valence-corrected chi connectivity index (χ4v) is 0.905. The van der Waals surface area contributed by atoms with Gasteiger partial charge in [-0.15, -0.1) is 5.92 Å². The third-order valence-electron chi connectivity index (χ3n) is 1.41. The quantitative estimate of drug-likeness (QED) is 0.654. The number of aryl methyl sites for hydroxylation is 1. The van der Waals surface area contributed by atoms with Crippen LogP contribution >= 0.6 is 0 Å². The molecule has 0 radical (unpaired) electrons. The summed E-state index contributed by atoms with van der Waals surface area (Å²) in [7, 11) is 0. The lowest BCUT2D eigenvalue weighted by Crippen LogP contribution is -2.05. The van der Waals surface area contributed by atoms with Crippen molar-refractivity contribution < 1.29 is 0 Å². The first-order chi connectivity index (χ1) is 6.22. The summed E-state index contributed by atoms with van der Waals surface area (Å²) in [6.45, 7) is 4.24. The van der Waals surface area contributed by atoms with Crippen molar-refractivity contribution in [2.24, 2.45) is 0 Å². The molecule has 0 saturated carbocycles. The molecule has 1 rings (SSSR count). The van der Waals surface area contributed by atoms with Crippen LogP contribution in [0.5, 0.6) is 0 Å². The standard InChI is InChI=1S/C9H12N4/c1-3-4-5-11-8-6-7(2)12-9(10)13-8/h6H,5H2,1-2H3,(H3,10,11,12,13). The minimum atomic E-state index is 0.284. The second kappa shape index (κ2) is 4.31. The Labute approximate surface area is 77.6 Å². The molecule has 0 atom stereocenters. The lowest BCUT2D eigenvalue weighted by Gasteiger charge is -2.02. The van der Waals surface area contributed by atoms with Gasteiger partial charge in [-0.1, -0.05) is 5.92 Å². The molecule has 0 spiro atoms. The van der Waals surface area contributed by atoms with Crippen molar-refractivity contribution in [3.8, 4) is 11.8 Å². The van der Waals surface area contributed by atoms with E-state index in [0.717, 1.165) is 5.69 Å². The summed E-state index contributed by atoms with van der Waals surface area (Å²) in [5.74, 6) is 6.65. The van der Waals surface area contributed by atoms with Crippen LogP contribution in [-0.4, -0.2) is 16.5 Å². The summed E-state index contributed by atoms with van der Waals surface area (Å²) in [6, 6.07) is 1.83. The first-order valence-electron chi connectivity index (χ1n) is 3.97. The van der Waals surface area contributed by atoms with Gasteiger partial charge >= 0.3 is 0 Å². The van der Waals surface area contributed by atoms with E-state index in [9.17, 15) is 0 Å². The zero-order valence-electron chi connectivity index (χ0n) is 7.76. The predicted molar refractivity (Wildman–Crippen MR) is 53.1 cm³/mol. The number of rotatable bonds is 2. The van der Waals surface area contributed by atoms with E-state index < -0.39 is 0 Å². The van der Waals surface area contributed by atoms with E-state index in [2.05, 4.69) is 27.1 Å². The number of nitrogens with one attached hydrogen (secondary N) is 1. The summed E-state index contributed by atoms with van der Waals surface area (Å²) in [5.41, 5.74) is 6.31. The molecule has 4 nitrogen and oxygen atoms in total. The summed E-state index contributed by atoms with van der Waals surface area (Å²) in [4.78, 5) is 7.95. The second-order valence-corrected chi connectivity index (χ2v) is 2.53. The Balaban J connectivity index is 2.69. The summed E-state index contributed by atoms with van der Waals surface area (Å²) >= 11 is 0. The van der Waals surface area contributed by atoms with Crippen LogP contribution in [-0.2, 0) is 0 Å². The maximum Gasteiger partial charge on any atom is 0.222 e. The summed E-state index contributed by atoms with van der Waals surface area (Å²) in [5, 5.41) is 3.02. The molecule has 0 amide bonds. The van der Waals surface area contributed by atoms with Gasteiger partial charge in [0.05, 0.1) is 6.54 Å². The molecule has 4 heteroatoms. The van der Waals surface area contributed by atoms with Crippen LogP contribution in [0.2, 0.25) is 0 Å². The van der Waals surface area contributed by atoms with Crippen LogP contribution in [0.1, 0.15) is 12.6 Å². The monoisotopic (exact) mass is 176 g/mol. The van der Waals surface area contributed by atoms with Gasteiger partial charge in [0.2, 0.25) is 5.95 Å². The van der Waals surface area contributed by atoms with Crippen LogP contribution in [0.25, 0.3) is 0 Å². The number of nitrogen functional groups attached to an aromatic ring is 1. The normalized spacial score (nSPS) is 8.77. The highest BCUT2D eigenvalue weighted by Crippen LogP contribution is 2.05. The molecule has 0 aliphatic carbocycles. The van der Waals surface area contributed by atoms with E-state index in [1.54, 1.807) is 6.92 Å². The molecule has 1 aromatic heterocycles. The van der Waals surface area contributed by atoms with E-state index in [1.807, 2.05) is 13.0 Å². The average Bonchev–Trinajstić information content (AvgIpc) is 2.03. The molecule has 0 aliphatic heterocycles. The average molecular weight is 176 g/mol. The van der Waals surface area contributed by atoms with Crippen molar-refractivity contribution in [3.05, 3.63) is 11.8 Å². The first-order valence-corrected chi connectivity index (χ1v) is 3.97. The van der Waals surface area contributed by atoms with Gasteiger partial charge in [0.15, 0.2) is 0 Å². The highest BCUT2D eigenvalue weighted by molar-refractivity contribution is 5.41. The van der Waals surface area contributed by atoms with Gasteiger partial charge in [0, 0.05) is 11.8 Å². The van der Waals surface area contributed by atoms with E-state index in [1.165, 1.54) is 0 Å². The van der Waals surface area contributed by atoms with E-state index in [4.69, 9.17) is 5.73 Å². The van der Waals surface area contributed by atoms with Crippen molar-refractivity contribution in [2.45, 2.75) is 13.8 Å². The van der Waals surface area contributed by atoms with Crippen LogP contribution in [0.15, 0.2) is 6.07 Å². The van der Waals surface area contributed by atoms with E-state index in [-0.39, 0.29) is 5.95 Å². The molecule has 1 heterocycles. The molecule has 0 aliphatic rings. The first kappa shape index (κ1) is 9.33. The topological polar surface area (TPSA) is 63.8 Å². The lowest BCUT2D eigenvalue weighted by molar-refractivity contribution is 1.11. The van der Waals surface area contributed by atoms with Gasteiger partial charge in [0.25, 0.3) is 0 Å². The second-order valence-electron chi connectivity index (χ2n) is 2.53. The molecule has 1 aromatic rings. The smallest absolute Gasteiger partial charge is 0.222 e. The number of aromatic nitrogens is 2. The fourth-order valence-electron chi connectivity index (χ4n) is 0.905. The van der Waals surface area contributed by atoms with Gasteiger partial charge in [0.1, 0.15) is 5.82 Å². The number of anilines is 2. The van der Waals surface area contributed by atoms with Crippen LogP contribution in [0.3, 0.4) is 0 Å². The number of nitrogens with two attached hydrogens (primary N) is 1. The maximum absolute atomic E-state index is 5.47. The van der Waals surface area contributed by atoms with Crippen LogP contribution in [0, 0.1) is 18.8 Å². The van der Waals surface area contributed by atoms with E-state index in [0.29, 0.717) is 12.4 Å². The Hall–Kier alpha value is -1.76. The Kier molecular flexibility index (Phi) is 3.09. The molecule has 68 valence electrons. The third-order valence-corrected chi connectivity index (χ3v) is 1.41. The zero-order chi connectivity index (χ0) is 9.68. The van der Waals surface area contributed by atoms with Crippen molar-refractivity contribution >= 4 is 11.8 Å². The summed E-state index contributed by atoms with van der Waals surface area (Å²) in [6.07, 6.45) is 0. The predicted octanol–water partition coefficient (Wildman–Crippen LogP) is 0.802. The number of hydrogen-bond acceptors (Lipinski definition) is 4. The van der Waals surface area contributed by atoms with Crippen LogP contribution in [0.4, 0.5) is 11.8 Å². The highest BCUT2D eigenvalue weighted by Gasteiger charge is 1.96. The Bertz CT molecular complexity index is 328. The maximum atomic E-state index is 5.47. The largest absolute Gasteiger partial charge is 0.368 e. The van der Waals surface area contributed by atoms with Gasteiger partial charge in [-0.3, -0.25) is 0 Å². The van der Waals surface area contributed by atoms with Crippen molar-refractivity contribution in [2.75, 3.05) is 17.6 Å². The SMILES string of the molecule is CC#CCNc1cc(C)nc(N)n1. The Morgan fingerprint density at radius 3 is 2.92 bits per heavy atom. The van der Waals surface area contributed by atoms with E-state index >= 15 is 0 Å². The molecular formula is C9H12N4. The Morgan fingerprint density at radius 1 is 1.54 bits per heavy atom. The van der Waals surface area contributed by atoms with Crippen molar-refractivity contribution in [1.29, 1.82) is 0 Å². The number of nitrogens with zero attached hydrogens (tertiary/aromatic N) is 2. The number of hydrogen-bond donors (Lipinski definition) is 2. The van der Waals surface area contributed by atoms with Crippen LogP contribution < -0.4 is 11.1 Å². The molecule has 0 unspecified atom stereocenters. The Morgan fingerprint density at radius 2 is 2.31 bits per heavy atom. The van der Waals surface area contributed by atoms with Gasteiger partial charge in [-0.05, 0) is 13.8 Å². The van der Waals surface area contributed by atoms with Crippen molar-refractivity contribution in [1.82, 2.24) is 9.97 Å². The van der Waals surface area contributed by atoms with Gasteiger partial charge < -0.3 is 11.1 Å². The fraction of sp³-hybridized carbons (Fsp3) is 0.333. The highest BCUT2D eigenvalue weighted by atomic mass is 15.1. The van der Waals surface area contributed by atoms with Gasteiger partial charge in [-0.2, -0.15) is 4.98 Å². The zero-order valence-corrected chi connectivity index (χ0v) is 7.76.